The van der Waals surface area contributed by atoms with E-state index in [0.29, 0.717) is 17.3 Å². The van der Waals surface area contributed by atoms with Gasteiger partial charge in [-0.05, 0) is 50.5 Å². The maximum absolute atomic E-state index is 12.3. The van der Waals surface area contributed by atoms with E-state index in [1.54, 1.807) is 16.8 Å². The number of benzene rings is 1. The molecule has 0 fully saturated rings. The van der Waals surface area contributed by atoms with E-state index in [9.17, 15) is 9.90 Å². The summed E-state index contributed by atoms with van der Waals surface area (Å²) in [5, 5.41) is 16.5. The average molecular weight is 316 g/mol. The molecular weight excluding hydrogens is 292 g/mol. The predicted molar refractivity (Wildman–Crippen MR) is 88.6 cm³/mol. The van der Waals surface area contributed by atoms with Gasteiger partial charge in [0.1, 0.15) is 11.6 Å². The lowest BCUT2D eigenvalue weighted by molar-refractivity contribution is 0.0908. The first-order chi connectivity index (χ1) is 10.9. The molecule has 1 aromatic heterocycles. The Labute approximate surface area is 136 Å². The summed E-state index contributed by atoms with van der Waals surface area (Å²) in [6.45, 7) is 7.80. The predicted octanol–water partition coefficient (Wildman–Crippen LogP) is 2.02. The Bertz CT molecular complexity index is 662. The Kier molecular flexibility index (Phi) is 5.50. The third-order valence-electron chi connectivity index (χ3n) is 3.56. The summed E-state index contributed by atoms with van der Waals surface area (Å²) in [4.78, 5) is 16.5. The molecule has 6 heteroatoms. The van der Waals surface area contributed by atoms with Crippen LogP contribution in [0.2, 0.25) is 0 Å². The fourth-order valence-electron chi connectivity index (χ4n) is 2.54. The van der Waals surface area contributed by atoms with Crippen LogP contribution in [-0.4, -0.2) is 38.4 Å². The van der Waals surface area contributed by atoms with Crippen molar-refractivity contribution in [3.8, 4) is 5.69 Å². The topological polar surface area (TPSA) is 80.0 Å². The van der Waals surface area contributed by atoms with Gasteiger partial charge in [-0.25, -0.2) is 9.67 Å². The number of aryl methyl sites for hydroxylation is 2. The quantitative estimate of drug-likeness (QED) is 0.854. The van der Waals surface area contributed by atoms with Crippen LogP contribution in [-0.2, 0) is 0 Å². The highest BCUT2D eigenvalue weighted by Crippen LogP contribution is 2.12. The average Bonchev–Trinajstić information content (AvgIpc) is 2.84. The van der Waals surface area contributed by atoms with Crippen molar-refractivity contribution < 1.29 is 9.90 Å². The third-order valence-corrected chi connectivity index (χ3v) is 3.56. The van der Waals surface area contributed by atoms with Crippen LogP contribution >= 0.6 is 0 Å². The van der Waals surface area contributed by atoms with Crippen molar-refractivity contribution in [1.82, 2.24) is 20.1 Å². The first kappa shape index (κ1) is 17.1. The highest BCUT2D eigenvalue weighted by Gasteiger charge is 2.14. The molecule has 23 heavy (non-hydrogen) atoms. The summed E-state index contributed by atoms with van der Waals surface area (Å²) in [6, 6.07) is 6.97. The van der Waals surface area contributed by atoms with Gasteiger partial charge in [0.25, 0.3) is 5.91 Å². The van der Waals surface area contributed by atoms with Crippen molar-refractivity contribution in [2.45, 2.75) is 40.2 Å². The molecule has 0 aliphatic carbocycles. The first-order valence-corrected chi connectivity index (χ1v) is 7.83. The summed E-state index contributed by atoms with van der Waals surface area (Å²) in [7, 11) is 0. The molecule has 0 saturated heterocycles. The molecule has 0 aliphatic heterocycles. The van der Waals surface area contributed by atoms with Gasteiger partial charge in [0, 0.05) is 5.56 Å². The van der Waals surface area contributed by atoms with Gasteiger partial charge in [-0.15, -0.1) is 0 Å². The minimum Gasteiger partial charge on any atom is -0.394 e. The van der Waals surface area contributed by atoms with E-state index in [1.165, 1.54) is 0 Å². The third kappa shape index (κ3) is 4.39. The number of carbonyl (C=O) groups is 1. The first-order valence-electron chi connectivity index (χ1n) is 7.83. The lowest BCUT2D eigenvalue weighted by atomic mass is 10.0. The molecular formula is C17H24N4O2. The number of hydrogen-bond acceptors (Lipinski definition) is 4. The summed E-state index contributed by atoms with van der Waals surface area (Å²) in [6.07, 6.45) is 0.748. The number of hydrogen-bond donors (Lipinski definition) is 2. The van der Waals surface area contributed by atoms with E-state index < -0.39 is 0 Å². The fraction of sp³-hybridized carbons (Fsp3) is 0.471. The zero-order chi connectivity index (χ0) is 17.0. The van der Waals surface area contributed by atoms with E-state index in [0.717, 1.165) is 17.9 Å². The lowest BCUT2D eigenvalue weighted by Crippen LogP contribution is -2.38. The summed E-state index contributed by atoms with van der Waals surface area (Å²) in [5.74, 6) is 1.75. The largest absolute Gasteiger partial charge is 0.394 e. The van der Waals surface area contributed by atoms with Crippen LogP contribution in [0.15, 0.2) is 24.3 Å². The van der Waals surface area contributed by atoms with Gasteiger partial charge in [-0.3, -0.25) is 4.79 Å². The molecule has 1 heterocycles. The molecule has 0 radical (unpaired) electrons. The normalized spacial score (nSPS) is 12.4. The zero-order valence-corrected chi connectivity index (χ0v) is 14.1. The lowest BCUT2D eigenvalue weighted by Gasteiger charge is -2.18. The zero-order valence-electron chi connectivity index (χ0n) is 14.1. The molecule has 0 saturated carbocycles. The van der Waals surface area contributed by atoms with Crippen molar-refractivity contribution in [3.63, 3.8) is 0 Å². The van der Waals surface area contributed by atoms with Crippen LogP contribution < -0.4 is 5.32 Å². The van der Waals surface area contributed by atoms with Crippen molar-refractivity contribution in [2.75, 3.05) is 6.61 Å². The Morgan fingerprint density at radius 3 is 2.39 bits per heavy atom. The Morgan fingerprint density at radius 2 is 1.91 bits per heavy atom. The Balaban J connectivity index is 2.09. The van der Waals surface area contributed by atoms with Crippen LogP contribution in [0.5, 0.6) is 0 Å². The highest BCUT2D eigenvalue weighted by atomic mass is 16.3. The van der Waals surface area contributed by atoms with Crippen molar-refractivity contribution in [3.05, 3.63) is 41.5 Å². The molecule has 124 valence electrons. The number of nitrogens with one attached hydrogen (secondary N) is 1. The van der Waals surface area contributed by atoms with Crippen LogP contribution in [0, 0.1) is 19.8 Å². The standard InChI is InChI=1S/C17H24N4O2/c1-11(2)9-15(10-22)19-17(23)14-5-7-16(8-6-14)21-13(4)18-12(3)20-21/h5-8,11,15,22H,9-10H2,1-4H3,(H,19,23). The van der Waals surface area contributed by atoms with Gasteiger partial charge in [0.2, 0.25) is 0 Å². The highest BCUT2D eigenvalue weighted by molar-refractivity contribution is 5.94. The van der Waals surface area contributed by atoms with Gasteiger partial charge >= 0.3 is 0 Å². The molecule has 0 bridgehead atoms. The summed E-state index contributed by atoms with van der Waals surface area (Å²) in [5.41, 5.74) is 1.42. The number of aliphatic hydroxyl groups is 1. The summed E-state index contributed by atoms with van der Waals surface area (Å²) < 4.78 is 1.74. The van der Waals surface area contributed by atoms with Gasteiger partial charge in [-0.1, -0.05) is 13.8 Å². The molecule has 1 atom stereocenters. The monoisotopic (exact) mass is 316 g/mol. The van der Waals surface area contributed by atoms with Crippen LogP contribution in [0.3, 0.4) is 0 Å². The molecule has 2 rings (SSSR count). The maximum atomic E-state index is 12.3. The maximum Gasteiger partial charge on any atom is 0.251 e. The Morgan fingerprint density at radius 1 is 1.26 bits per heavy atom. The van der Waals surface area contributed by atoms with Crippen LogP contribution in [0.1, 0.15) is 42.3 Å². The SMILES string of the molecule is Cc1nc(C)n(-c2ccc(C(=O)NC(CO)CC(C)C)cc2)n1. The van der Waals surface area contributed by atoms with Crippen molar-refractivity contribution in [2.24, 2.45) is 5.92 Å². The molecule has 1 aromatic carbocycles. The van der Waals surface area contributed by atoms with E-state index in [1.807, 2.05) is 26.0 Å². The van der Waals surface area contributed by atoms with Gasteiger partial charge in [-0.2, -0.15) is 5.10 Å². The van der Waals surface area contributed by atoms with Gasteiger partial charge in [0.05, 0.1) is 18.3 Å². The van der Waals surface area contributed by atoms with Crippen molar-refractivity contribution >= 4 is 5.91 Å². The molecule has 0 aliphatic rings. The van der Waals surface area contributed by atoms with Gasteiger partial charge < -0.3 is 10.4 Å². The number of amides is 1. The van der Waals surface area contributed by atoms with Crippen LogP contribution in [0.4, 0.5) is 0 Å². The van der Waals surface area contributed by atoms with E-state index in [-0.39, 0.29) is 18.6 Å². The number of aromatic nitrogens is 3. The molecule has 1 unspecified atom stereocenters. The minimum absolute atomic E-state index is 0.0561. The second-order valence-electron chi connectivity index (χ2n) is 6.15. The van der Waals surface area contributed by atoms with Crippen molar-refractivity contribution in [1.29, 1.82) is 0 Å². The summed E-state index contributed by atoms with van der Waals surface area (Å²) >= 11 is 0. The van der Waals surface area contributed by atoms with E-state index in [4.69, 9.17) is 0 Å². The smallest absolute Gasteiger partial charge is 0.251 e. The van der Waals surface area contributed by atoms with E-state index >= 15 is 0 Å². The van der Waals surface area contributed by atoms with Crippen LogP contribution in [0.25, 0.3) is 5.69 Å². The fourth-order valence-corrected chi connectivity index (χ4v) is 2.54. The Hall–Kier alpha value is -2.21. The number of nitrogens with zero attached hydrogens (tertiary/aromatic N) is 3. The number of rotatable bonds is 6. The molecule has 0 spiro atoms. The second-order valence-corrected chi connectivity index (χ2v) is 6.15. The molecule has 2 N–H and O–H groups in total. The second kappa shape index (κ2) is 7.37. The minimum atomic E-state index is -0.220. The molecule has 6 nitrogen and oxygen atoms in total. The molecule has 1 amide bonds. The molecule has 2 aromatic rings. The van der Waals surface area contributed by atoms with Gasteiger partial charge in [0.15, 0.2) is 0 Å². The van der Waals surface area contributed by atoms with E-state index in [2.05, 4.69) is 29.2 Å². The number of aliphatic hydroxyl groups excluding tert-OH is 1. The number of carbonyl (C=O) groups excluding carboxylic acids is 1.